The summed E-state index contributed by atoms with van der Waals surface area (Å²) in [6, 6.07) is 10.7. The Kier molecular flexibility index (Phi) is 2.60. The van der Waals surface area contributed by atoms with E-state index < -0.39 is 0 Å². The monoisotopic (exact) mass is 282 g/mol. The predicted octanol–water partition coefficient (Wildman–Crippen LogP) is 3.43. The zero-order chi connectivity index (χ0) is 13.5. The van der Waals surface area contributed by atoms with Crippen molar-refractivity contribution < 1.29 is 0 Å². The third-order valence-corrected chi connectivity index (χ3v) is 4.48. The van der Waals surface area contributed by atoms with Crippen LogP contribution in [0.2, 0.25) is 0 Å². The third-order valence-electron chi connectivity index (χ3n) is 3.67. The van der Waals surface area contributed by atoms with Crippen molar-refractivity contribution in [3.8, 4) is 0 Å². The molecule has 1 aliphatic heterocycles. The van der Waals surface area contributed by atoms with Gasteiger partial charge in [-0.2, -0.15) is 4.98 Å². The first-order valence-corrected chi connectivity index (χ1v) is 7.53. The number of nitrogens with one attached hydrogen (secondary N) is 1. The van der Waals surface area contributed by atoms with Crippen molar-refractivity contribution in [2.45, 2.75) is 6.42 Å². The summed E-state index contributed by atoms with van der Waals surface area (Å²) >= 11 is 1.65. The van der Waals surface area contributed by atoms with Gasteiger partial charge in [-0.25, -0.2) is 4.98 Å². The number of nitrogens with zero attached hydrogens (tertiary/aromatic N) is 3. The van der Waals surface area contributed by atoms with Crippen LogP contribution in [0.5, 0.6) is 0 Å². The molecule has 1 N–H and O–H groups in total. The summed E-state index contributed by atoms with van der Waals surface area (Å²) in [6.45, 7) is 0.977. The van der Waals surface area contributed by atoms with Gasteiger partial charge in [0.05, 0.1) is 5.39 Å². The predicted molar refractivity (Wildman–Crippen MR) is 84.1 cm³/mol. The number of hydrogen-bond acceptors (Lipinski definition) is 5. The molecular weight excluding hydrogens is 268 g/mol. The standard InChI is InChI=1S/C15H14N4S/c1-16-15-17-13(11-7-9-20-14(11)18-15)19-8-6-10-4-2-3-5-12(10)19/h2-5,7,9H,6,8H2,1H3,(H,16,17,18). The van der Waals surface area contributed by atoms with Gasteiger partial charge in [0, 0.05) is 19.3 Å². The van der Waals surface area contributed by atoms with Gasteiger partial charge < -0.3 is 10.2 Å². The van der Waals surface area contributed by atoms with E-state index in [2.05, 4.69) is 55.9 Å². The van der Waals surface area contributed by atoms with Crippen LogP contribution in [0.4, 0.5) is 17.5 Å². The van der Waals surface area contributed by atoms with E-state index in [4.69, 9.17) is 0 Å². The van der Waals surface area contributed by atoms with E-state index in [1.807, 2.05) is 7.05 Å². The zero-order valence-corrected chi connectivity index (χ0v) is 11.9. The quantitative estimate of drug-likeness (QED) is 0.782. The van der Waals surface area contributed by atoms with Crippen molar-refractivity contribution in [2.24, 2.45) is 0 Å². The summed E-state index contributed by atoms with van der Waals surface area (Å²) in [5, 5.41) is 6.26. The lowest BCUT2D eigenvalue weighted by molar-refractivity contribution is 0.976. The fourth-order valence-corrected chi connectivity index (χ4v) is 3.47. The molecule has 0 radical (unpaired) electrons. The molecule has 3 heterocycles. The van der Waals surface area contributed by atoms with E-state index in [1.165, 1.54) is 11.3 Å². The number of fused-ring (bicyclic) bond motifs is 2. The highest BCUT2D eigenvalue weighted by atomic mass is 32.1. The van der Waals surface area contributed by atoms with E-state index in [1.54, 1.807) is 11.3 Å². The Morgan fingerprint density at radius 2 is 2.10 bits per heavy atom. The Labute approximate surface area is 121 Å². The molecule has 100 valence electrons. The van der Waals surface area contributed by atoms with Gasteiger partial charge in [0.15, 0.2) is 0 Å². The van der Waals surface area contributed by atoms with Crippen molar-refractivity contribution in [1.29, 1.82) is 0 Å². The Hall–Kier alpha value is -2.14. The first kappa shape index (κ1) is 11.7. The van der Waals surface area contributed by atoms with E-state index in [0.29, 0.717) is 5.95 Å². The number of anilines is 3. The van der Waals surface area contributed by atoms with Crippen molar-refractivity contribution in [3.63, 3.8) is 0 Å². The number of aromatic nitrogens is 2. The molecule has 0 amide bonds. The summed E-state index contributed by atoms with van der Waals surface area (Å²) in [5.41, 5.74) is 2.65. The molecule has 1 aromatic carbocycles. The van der Waals surface area contributed by atoms with Gasteiger partial charge in [0.1, 0.15) is 10.6 Å². The van der Waals surface area contributed by atoms with Gasteiger partial charge in [0.25, 0.3) is 0 Å². The molecule has 4 nitrogen and oxygen atoms in total. The minimum atomic E-state index is 0.680. The molecule has 0 atom stereocenters. The normalized spacial score (nSPS) is 13.8. The summed E-state index contributed by atoms with van der Waals surface area (Å²) in [5.74, 6) is 1.69. The summed E-state index contributed by atoms with van der Waals surface area (Å²) < 4.78 is 0. The average molecular weight is 282 g/mol. The Morgan fingerprint density at radius 3 is 3.00 bits per heavy atom. The highest BCUT2D eigenvalue weighted by Crippen LogP contribution is 2.38. The molecule has 1 aliphatic rings. The molecule has 2 aromatic heterocycles. The highest BCUT2D eigenvalue weighted by molar-refractivity contribution is 7.16. The lowest BCUT2D eigenvalue weighted by Gasteiger charge is -2.19. The Bertz CT molecular complexity index is 780. The topological polar surface area (TPSA) is 41.1 Å². The third kappa shape index (κ3) is 1.67. The van der Waals surface area contributed by atoms with Crippen LogP contribution < -0.4 is 10.2 Å². The molecule has 0 saturated carbocycles. The van der Waals surface area contributed by atoms with Gasteiger partial charge in [-0.3, -0.25) is 0 Å². The van der Waals surface area contributed by atoms with E-state index in [9.17, 15) is 0 Å². The first-order chi connectivity index (χ1) is 9.86. The van der Waals surface area contributed by atoms with Gasteiger partial charge in [-0.05, 0) is 29.5 Å². The molecule has 0 saturated heterocycles. The Morgan fingerprint density at radius 1 is 1.20 bits per heavy atom. The molecule has 0 aliphatic carbocycles. The minimum absolute atomic E-state index is 0.680. The van der Waals surface area contributed by atoms with Crippen LogP contribution in [0.15, 0.2) is 35.7 Å². The molecule has 0 spiro atoms. The maximum absolute atomic E-state index is 4.68. The van der Waals surface area contributed by atoms with E-state index in [-0.39, 0.29) is 0 Å². The van der Waals surface area contributed by atoms with Gasteiger partial charge >= 0.3 is 0 Å². The highest BCUT2D eigenvalue weighted by Gasteiger charge is 2.23. The van der Waals surface area contributed by atoms with Gasteiger partial charge in [0.2, 0.25) is 5.95 Å². The molecule has 0 bridgehead atoms. The number of para-hydroxylation sites is 1. The largest absolute Gasteiger partial charge is 0.357 e. The second-order valence-electron chi connectivity index (χ2n) is 4.79. The number of hydrogen-bond donors (Lipinski definition) is 1. The second kappa shape index (κ2) is 4.45. The fraction of sp³-hybridized carbons (Fsp3) is 0.200. The number of rotatable bonds is 2. The molecular formula is C15H14N4S. The lowest BCUT2D eigenvalue weighted by atomic mass is 10.2. The maximum Gasteiger partial charge on any atom is 0.225 e. The zero-order valence-electron chi connectivity index (χ0n) is 11.1. The average Bonchev–Trinajstić information content (AvgIpc) is 3.12. The fourth-order valence-electron chi connectivity index (χ4n) is 2.72. The minimum Gasteiger partial charge on any atom is -0.357 e. The van der Waals surface area contributed by atoms with Crippen molar-refractivity contribution in [1.82, 2.24) is 9.97 Å². The first-order valence-electron chi connectivity index (χ1n) is 6.65. The van der Waals surface area contributed by atoms with E-state index in [0.717, 1.165) is 29.0 Å². The van der Waals surface area contributed by atoms with Crippen LogP contribution in [-0.4, -0.2) is 23.6 Å². The van der Waals surface area contributed by atoms with Gasteiger partial charge in [-0.1, -0.05) is 18.2 Å². The smallest absolute Gasteiger partial charge is 0.225 e. The lowest BCUT2D eigenvalue weighted by Crippen LogP contribution is -2.16. The summed E-state index contributed by atoms with van der Waals surface area (Å²) in [4.78, 5) is 12.5. The Balaban J connectivity index is 1.93. The summed E-state index contributed by atoms with van der Waals surface area (Å²) in [6.07, 6.45) is 1.07. The van der Waals surface area contributed by atoms with Crippen LogP contribution in [-0.2, 0) is 6.42 Å². The second-order valence-corrected chi connectivity index (χ2v) is 5.69. The molecule has 20 heavy (non-hydrogen) atoms. The SMILES string of the molecule is CNc1nc(N2CCc3ccccc32)c2ccsc2n1. The summed E-state index contributed by atoms with van der Waals surface area (Å²) in [7, 11) is 1.86. The van der Waals surface area contributed by atoms with Gasteiger partial charge in [-0.15, -0.1) is 11.3 Å². The molecule has 0 fully saturated rings. The van der Waals surface area contributed by atoms with Crippen LogP contribution in [0, 0.1) is 0 Å². The maximum atomic E-state index is 4.68. The van der Waals surface area contributed by atoms with Crippen molar-refractivity contribution >= 4 is 39.0 Å². The van der Waals surface area contributed by atoms with Crippen LogP contribution >= 0.6 is 11.3 Å². The van der Waals surface area contributed by atoms with Crippen molar-refractivity contribution in [3.05, 3.63) is 41.3 Å². The van der Waals surface area contributed by atoms with Crippen molar-refractivity contribution in [2.75, 3.05) is 23.8 Å². The van der Waals surface area contributed by atoms with Crippen LogP contribution in [0.1, 0.15) is 5.56 Å². The molecule has 0 unspecified atom stereocenters. The molecule has 5 heteroatoms. The number of benzene rings is 1. The van der Waals surface area contributed by atoms with Crippen LogP contribution in [0.25, 0.3) is 10.2 Å². The number of thiophene rings is 1. The van der Waals surface area contributed by atoms with Crippen LogP contribution in [0.3, 0.4) is 0 Å². The molecule has 3 aromatic rings. The van der Waals surface area contributed by atoms with E-state index >= 15 is 0 Å². The molecule has 4 rings (SSSR count).